The molecule has 3 aromatic rings. The quantitative estimate of drug-likeness (QED) is 0.535. The summed E-state index contributed by atoms with van der Waals surface area (Å²) in [5.74, 6) is -0.0430. The maximum absolute atomic E-state index is 12.7. The van der Waals surface area contributed by atoms with E-state index in [1.807, 2.05) is 48.5 Å². The molecule has 0 radical (unpaired) electrons. The van der Waals surface area contributed by atoms with Crippen LogP contribution in [0.3, 0.4) is 0 Å². The fourth-order valence-corrected chi connectivity index (χ4v) is 3.74. The van der Waals surface area contributed by atoms with Crippen LogP contribution in [0.2, 0.25) is 0 Å². The highest BCUT2D eigenvalue weighted by Crippen LogP contribution is 2.35. The van der Waals surface area contributed by atoms with E-state index in [2.05, 4.69) is 4.98 Å². The third-order valence-corrected chi connectivity index (χ3v) is 5.22. The van der Waals surface area contributed by atoms with E-state index in [1.54, 1.807) is 32.1 Å². The minimum atomic E-state index is -0.463. The van der Waals surface area contributed by atoms with E-state index in [0.717, 1.165) is 5.56 Å². The molecule has 6 heteroatoms. The van der Waals surface area contributed by atoms with Gasteiger partial charge in [0, 0.05) is 21.1 Å². The van der Waals surface area contributed by atoms with Gasteiger partial charge in [0.2, 0.25) is 5.91 Å². The Labute approximate surface area is 150 Å². The van der Waals surface area contributed by atoms with Gasteiger partial charge in [0.15, 0.2) is 5.16 Å². The first kappa shape index (κ1) is 17.2. The summed E-state index contributed by atoms with van der Waals surface area (Å²) in [5, 5.41) is 0.632. The Bertz CT molecular complexity index is 967. The minimum absolute atomic E-state index is 0.0430. The number of thioether (sulfide) groups is 1. The van der Waals surface area contributed by atoms with Gasteiger partial charge in [-0.3, -0.25) is 14.2 Å². The zero-order chi connectivity index (χ0) is 18.0. The number of benzene rings is 2. The second kappa shape index (κ2) is 7.11. The topological polar surface area (TPSA) is 55.2 Å². The molecule has 0 bridgehead atoms. The number of amides is 1. The van der Waals surface area contributed by atoms with Crippen molar-refractivity contribution in [3.8, 4) is 0 Å². The Hall–Kier alpha value is -2.60. The number of fused-ring (bicyclic) bond motifs is 1. The van der Waals surface area contributed by atoms with Crippen LogP contribution in [0.4, 0.5) is 0 Å². The number of rotatable bonds is 4. The van der Waals surface area contributed by atoms with Gasteiger partial charge in [-0.2, -0.15) is 0 Å². The van der Waals surface area contributed by atoms with E-state index in [-0.39, 0.29) is 11.5 Å². The predicted molar refractivity (Wildman–Crippen MR) is 101 cm³/mol. The lowest BCUT2D eigenvalue weighted by Gasteiger charge is -2.21. The van der Waals surface area contributed by atoms with Crippen LogP contribution in [0.25, 0.3) is 10.9 Å². The highest BCUT2D eigenvalue weighted by atomic mass is 32.2. The normalized spacial score (nSPS) is 12.1. The predicted octanol–water partition coefficient (Wildman–Crippen LogP) is 2.86. The Morgan fingerprint density at radius 1 is 1.08 bits per heavy atom. The fraction of sp³-hybridized carbons (Fsp3) is 0.211. The van der Waals surface area contributed by atoms with Gasteiger partial charge in [0.25, 0.3) is 5.56 Å². The molecule has 1 atom stereocenters. The molecule has 1 unspecified atom stereocenters. The summed E-state index contributed by atoms with van der Waals surface area (Å²) in [6.07, 6.45) is 0. The van der Waals surface area contributed by atoms with Gasteiger partial charge in [-0.1, -0.05) is 54.2 Å². The highest BCUT2D eigenvalue weighted by Gasteiger charge is 2.25. The van der Waals surface area contributed by atoms with Crippen LogP contribution in [0, 0.1) is 0 Å². The van der Waals surface area contributed by atoms with Crippen LogP contribution < -0.4 is 5.56 Å². The summed E-state index contributed by atoms with van der Waals surface area (Å²) < 4.78 is 1.51. The molecule has 128 valence electrons. The zero-order valence-corrected chi connectivity index (χ0v) is 15.2. The number of carbonyl (C=O) groups is 1. The molecule has 0 saturated heterocycles. The third-order valence-electron chi connectivity index (χ3n) is 3.93. The first-order valence-corrected chi connectivity index (χ1v) is 8.75. The summed E-state index contributed by atoms with van der Waals surface area (Å²) in [7, 11) is 5.14. The molecule has 0 spiro atoms. The second-order valence-corrected chi connectivity index (χ2v) is 6.99. The maximum Gasteiger partial charge on any atom is 0.261 e. The Morgan fingerprint density at radius 3 is 2.40 bits per heavy atom. The third kappa shape index (κ3) is 3.44. The first-order chi connectivity index (χ1) is 12.0. The van der Waals surface area contributed by atoms with Gasteiger partial charge in [0.1, 0.15) is 5.25 Å². The van der Waals surface area contributed by atoms with Gasteiger partial charge in [0.05, 0.1) is 10.9 Å². The molecule has 0 aliphatic rings. The number of aromatic nitrogens is 2. The molecule has 0 N–H and O–H groups in total. The van der Waals surface area contributed by atoms with Crippen molar-refractivity contribution in [2.24, 2.45) is 7.05 Å². The standard InChI is InChI=1S/C19H19N3O2S/c1-21(2)18(24)16(13-9-5-4-6-10-13)25-19-20-15-12-8-7-11-14(15)17(23)22(19)3/h4-12,16H,1-3H3. The van der Waals surface area contributed by atoms with Crippen molar-refractivity contribution in [1.29, 1.82) is 0 Å². The van der Waals surface area contributed by atoms with Crippen molar-refractivity contribution < 1.29 is 4.79 Å². The van der Waals surface area contributed by atoms with Crippen molar-refractivity contribution in [3.63, 3.8) is 0 Å². The number of para-hydroxylation sites is 1. The number of carbonyl (C=O) groups excluding carboxylic acids is 1. The van der Waals surface area contributed by atoms with Crippen molar-refractivity contribution in [3.05, 3.63) is 70.5 Å². The molecule has 1 amide bonds. The number of hydrogen-bond acceptors (Lipinski definition) is 4. The lowest BCUT2D eigenvalue weighted by molar-refractivity contribution is -0.128. The van der Waals surface area contributed by atoms with Gasteiger partial charge >= 0.3 is 0 Å². The monoisotopic (exact) mass is 353 g/mol. The fourth-order valence-electron chi connectivity index (χ4n) is 2.53. The van der Waals surface area contributed by atoms with Crippen LogP contribution in [-0.2, 0) is 11.8 Å². The molecular formula is C19H19N3O2S. The van der Waals surface area contributed by atoms with Crippen LogP contribution in [0.1, 0.15) is 10.8 Å². The van der Waals surface area contributed by atoms with E-state index in [0.29, 0.717) is 16.1 Å². The Morgan fingerprint density at radius 2 is 1.72 bits per heavy atom. The average Bonchev–Trinajstić information content (AvgIpc) is 2.63. The van der Waals surface area contributed by atoms with Crippen molar-refractivity contribution in [1.82, 2.24) is 14.5 Å². The van der Waals surface area contributed by atoms with Crippen molar-refractivity contribution in [2.75, 3.05) is 14.1 Å². The molecule has 3 rings (SSSR count). The van der Waals surface area contributed by atoms with E-state index < -0.39 is 5.25 Å². The van der Waals surface area contributed by atoms with Gasteiger partial charge < -0.3 is 4.90 Å². The van der Waals surface area contributed by atoms with Crippen LogP contribution in [0.5, 0.6) is 0 Å². The van der Waals surface area contributed by atoms with Crippen LogP contribution >= 0.6 is 11.8 Å². The van der Waals surface area contributed by atoms with E-state index >= 15 is 0 Å². The smallest absolute Gasteiger partial charge is 0.261 e. The summed E-state index contributed by atoms with van der Waals surface area (Å²) >= 11 is 1.29. The lowest BCUT2D eigenvalue weighted by atomic mass is 10.1. The number of hydrogen-bond donors (Lipinski definition) is 0. The number of likely N-dealkylation sites (N-methyl/N-ethyl adjacent to an activating group) is 1. The molecule has 0 saturated carbocycles. The molecule has 0 fully saturated rings. The molecule has 0 aliphatic heterocycles. The summed E-state index contributed by atoms with van der Waals surface area (Å²) in [5.41, 5.74) is 1.41. The molecule has 2 aromatic carbocycles. The highest BCUT2D eigenvalue weighted by molar-refractivity contribution is 8.00. The zero-order valence-electron chi connectivity index (χ0n) is 14.3. The molecular weight excluding hydrogens is 334 g/mol. The van der Waals surface area contributed by atoms with Crippen LogP contribution in [-0.4, -0.2) is 34.5 Å². The van der Waals surface area contributed by atoms with E-state index in [4.69, 9.17) is 0 Å². The van der Waals surface area contributed by atoms with Crippen molar-refractivity contribution >= 4 is 28.6 Å². The van der Waals surface area contributed by atoms with Crippen LogP contribution in [0.15, 0.2) is 64.5 Å². The summed E-state index contributed by atoms with van der Waals surface area (Å²) in [6, 6.07) is 16.8. The van der Waals surface area contributed by atoms with E-state index in [9.17, 15) is 9.59 Å². The van der Waals surface area contributed by atoms with Gasteiger partial charge in [-0.15, -0.1) is 0 Å². The summed E-state index contributed by atoms with van der Waals surface area (Å²) in [6.45, 7) is 0. The Balaban J connectivity index is 2.08. The SMILES string of the molecule is CN(C)C(=O)C(Sc1nc2ccccc2c(=O)n1C)c1ccccc1. The molecule has 25 heavy (non-hydrogen) atoms. The van der Waals surface area contributed by atoms with Gasteiger partial charge in [-0.05, 0) is 17.7 Å². The minimum Gasteiger partial charge on any atom is -0.348 e. The molecule has 0 aliphatic carbocycles. The average molecular weight is 353 g/mol. The van der Waals surface area contributed by atoms with Crippen molar-refractivity contribution in [2.45, 2.75) is 10.4 Å². The molecule has 1 heterocycles. The largest absolute Gasteiger partial charge is 0.348 e. The molecule has 5 nitrogen and oxygen atoms in total. The lowest BCUT2D eigenvalue weighted by Crippen LogP contribution is -2.28. The summed E-state index contributed by atoms with van der Waals surface area (Å²) in [4.78, 5) is 31.4. The first-order valence-electron chi connectivity index (χ1n) is 7.87. The second-order valence-electron chi connectivity index (χ2n) is 5.92. The van der Waals surface area contributed by atoms with Gasteiger partial charge in [-0.25, -0.2) is 4.98 Å². The number of nitrogens with zero attached hydrogens (tertiary/aromatic N) is 3. The van der Waals surface area contributed by atoms with E-state index in [1.165, 1.54) is 16.3 Å². The Kier molecular flexibility index (Phi) is 4.90. The molecule has 1 aromatic heterocycles. The maximum atomic E-state index is 12.7.